The molecule has 3 nitrogen and oxygen atoms in total. The van der Waals surface area contributed by atoms with E-state index >= 15 is 0 Å². The maximum atomic E-state index is 10.7. The Bertz CT molecular complexity index is 197. The summed E-state index contributed by atoms with van der Waals surface area (Å²) in [6.45, 7) is 2.61. The van der Waals surface area contributed by atoms with Gasteiger partial charge in [0.1, 0.15) is 6.29 Å². The van der Waals surface area contributed by atoms with Gasteiger partial charge >= 0.3 is 0 Å². The molecule has 0 saturated carbocycles. The van der Waals surface area contributed by atoms with Crippen LogP contribution < -0.4 is 0 Å². The van der Waals surface area contributed by atoms with Crippen molar-refractivity contribution in [2.75, 3.05) is 0 Å². The Kier molecular flexibility index (Phi) is 4.03. The molecule has 0 aliphatic heterocycles. The maximum Gasteiger partial charge on any atom is 0.163 e. The van der Waals surface area contributed by atoms with E-state index in [-0.39, 0.29) is 23.6 Å². The third kappa shape index (κ3) is 3.45. The Labute approximate surface area is 65.1 Å². The summed E-state index contributed by atoms with van der Waals surface area (Å²) in [4.78, 5) is 31.3. The summed E-state index contributed by atoms with van der Waals surface area (Å²) < 4.78 is 0. The highest BCUT2D eigenvalue weighted by Crippen LogP contribution is 1.98. The Morgan fingerprint density at radius 2 is 1.64 bits per heavy atom. The van der Waals surface area contributed by atoms with Crippen molar-refractivity contribution in [1.82, 2.24) is 0 Å². The van der Waals surface area contributed by atoms with Crippen LogP contribution in [0.3, 0.4) is 0 Å². The fourth-order valence-electron chi connectivity index (χ4n) is 0.701. The first-order valence-electron chi connectivity index (χ1n) is 3.25. The van der Waals surface area contributed by atoms with Gasteiger partial charge in [-0.2, -0.15) is 0 Å². The number of carbonyl (C=O) groups is 3. The van der Waals surface area contributed by atoms with E-state index in [4.69, 9.17) is 0 Å². The zero-order valence-electron chi connectivity index (χ0n) is 6.59. The first-order valence-corrected chi connectivity index (χ1v) is 3.25. The molecule has 0 atom stereocenters. The van der Waals surface area contributed by atoms with Crippen molar-refractivity contribution in [3.63, 3.8) is 0 Å². The summed E-state index contributed by atoms with van der Waals surface area (Å²) in [5.74, 6) is -0.585. The zero-order chi connectivity index (χ0) is 8.85. The molecule has 3 heteroatoms. The maximum absolute atomic E-state index is 10.7. The average Bonchev–Trinajstić information content (AvgIpc) is 1.87. The van der Waals surface area contributed by atoms with Crippen LogP contribution in [-0.4, -0.2) is 17.9 Å². The molecule has 0 radical (unpaired) electrons. The fraction of sp³-hybridized carbons (Fsp3) is 0.375. The van der Waals surface area contributed by atoms with Crippen LogP contribution >= 0.6 is 0 Å². The van der Waals surface area contributed by atoms with Crippen LogP contribution in [-0.2, 0) is 14.4 Å². The molecule has 0 fully saturated rings. The van der Waals surface area contributed by atoms with Gasteiger partial charge in [0.05, 0.1) is 5.57 Å². The summed E-state index contributed by atoms with van der Waals surface area (Å²) in [7, 11) is 0. The number of hydrogen-bond acceptors (Lipinski definition) is 3. The second-order valence-corrected chi connectivity index (χ2v) is 2.13. The molecule has 0 spiro atoms. The van der Waals surface area contributed by atoms with Gasteiger partial charge in [-0.3, -0.25) is 9.59 Å². The molecular formula is C8H10O3. The number of hydrogen-bond donors (Lipinski definition) is 0. The average molecular weight is 154 g/mol. The standard InChI is InChI=1S/C8H10O3/c1-6(10)8(7(2)11)4-3-5-9/h4-5H,3H2,1-2H3. The minimum Gasteiger partial charge on any atom is -0.303 e. The molecule has 0 heterocycles. The van der Waals surface area contributed by atoms with E-state index < -0.39 is 0 Å². The van der Waals surface area contributed by atoms with Crippen LogP contribution in [0.25, 0.3) is 0 Å². The molecule has 11 heavy (non-hydrogen) atoms. The monoisotopic (exact) mass is 154 g/mol. The molecule has 0 unspecified atom stereocenters. The lowest BCUT2D eigenvalue weighted by Crippen LogP contribution is -2.05. The lowest BCUT2D eigenvalue weighted by Gasteiger charge is -1.94. The highest BCUT2D eigenvalue weighted by atomic mass is 16.1. The molecule has 0 amide bonds. The molecule has 0 aliphatic carbocycles. The Balaban J connectivity index is 4.45. The fourth-order valence-corrected chi connectivity index (χ4v) is 0.701. The molecular weight excluding hydrogens is 144 g/mol. The van der Waals surface area contributed by atoms with Crippen LogP contribution in [0.4, 0.5) is 0 Å². The van der Waals surface area contributed by atoms with Crippen molar-refractivity contribution in [3.8, 4) is 0 Å². The van der Waals surface area contributed by atoms with E-state index in [1.54, 1.807) is 0 Å². The predicted octanol–water partition coefficient (Wildman–Crippen LogP) is 0.680. The van der Waals surface area contributed by atoms with E-state index in [9.17, 15) is 14.4 Å². The van der Waals surface area contributed by atoms with Gasteiger partial charge in [0.25, 0.3) is 0 Å². The number of aldehydes is 1. The molecule has 0 saturated heterocycles. The molecule has 0 N–H and O–H groups in total. The van der Waals surface area contributed by atoms with Gasteiger partial charge in [-0.15, -0.1) is 0 Å². The first-order chi connectivity index (χ1) is 5.09. The Morgan fingerprint density at radius 1 is 1.18 bits per heavy atom. The smallest absolute Gasteiger partial charge is 0.163 e. The summed E-state index contributed by atoms with van der Waals surface area (Å²) in [5.41, 5.74) is 0.108. The molecule has 60 valence electrons. The third-order valence-corrected chi connectivity index (χ3v) is 1.18. The quantitative estimate of drug-likeness (QED) is 0.259. The van der Waals surface area contributed by atoms with Crippen molar-refractivity contribution in [1.29, 1.82) is 0 Å². The van der Waals surface area contributed by atoms with Crippen molar-refractivity contribution in [2.24, 2.45) is 0 Å². The van der Waals surface area contributed by atoms with Crippen molar-refractivity contribution in [3.05, 3.63) is 11.6 Å². The SMILES string of the molecule is CC(=O)C(=CCC=O)C(C)=O. The van der Waals surface area contributed by atoms with E-state index in [2.05, 4.69) is 0 Å². The summed E-state index contributed by atoms with van der Waals surface area (Å²) in [6.07, 6.45) is 2.11. The van der Waals surface area contributed by atoms with Crippen molar-refractivity contribution >= 4 is 17.9 Å². The highest BCUT2D eigenvalue weighted by molar-refractivity contribution is 6.18. The Morgan fingerprint density at radius 3 is 1.91 bits per heavy atom. The number of Topliss-reactive ketones (excluding diaryl/α,β-unsaturated/α-hetero) is 2. The van der Waals surface area contributed by atoms with Crippen LogP contribution in [0.2, 0.25) is 0 Å². The van der Waals surface area contributed by atoms with Gasteiger partial charge in [0.15, 0.2) is 11.6 Å². The van der Waals surface area contributed by atoms with Gasteiger partial charge in [-0.1, -0.05) is 6.08 Å². The molecule has 0 aromatic rings. The normalized spacial score (nSPS) is 8.55. The van der Waals surface area contributed by atoms with Gasteiger partial charge < -0.3 is 4.79 Å². The predicted molar refractivity (Wildman–Crippen MR) is 40.1 cm³/mol. The molecule has 0 aromatic carbocycles. The van der Waals surface area contributed by atoms with Crippen molar-refractivity contribution < 1.29 is 14.4 Å². The molecule has 0 rings (SSSR count). The van der Waals surface area contributed by atoms with E-state index in [1.807, 2.05) is 0 Å². The minimum absolute atomic E-state index is 0.108. The van der Waals surface area contributed by atoms with E-state index in [0.717, 1.165) is 0 Å². The molecule has 0 bridgehead atoms. The number of carbonyl (C=O) groups excluding carboxylic acids is 3. The summed E-state index contributed by atoms with van der Waals surface area (Å²) in [6, 6.07) is 0. The lowest BCUT2D eigenvalue weighted by molar-refractivity contribution is -0.119. The number of rotatable bonds is 4. The summed E-state index contributed by atoms with van der Waals surface area (Å²) in [5, 5.41) is 0. The van der Waals surface area contributed by atoms with Crippen molar-refractivity contribution in [2.45, 2.75) is 20.3 Å². The zero-order valence-corrected chi connectivity index (χ0v) is 6.59. The van der Waals surface area contributed by atoms with Crippen LogP contribution in [0, 0.1) is 0 Å². The lowest BCUT2D eigenvalue weighted by atomic mass is 10.1. The highest BCUT2D eigenvalue weighted by Gasteiger charge is 2.07. The Hall–Kier alpha value is -1.25. The molecule has 0 aromatic heterocycles. The van der Waals surface area contributed by atoms with Crippen LogP contribution in [0.1, 0.15) is 20.3 Å². The van der Waals surface area contributed by atoms with Crippen LogP contribution in [0.5, 0.6) is 0 Å². The van der Waals surface area contributed by atoms with Crippen LogP contribution in [0.15, 0.2) is 11.6 Å². The number of ketones is 2. The van der Waals surface area contributed by atoms with Gasteiger partial charge in [0.2, 0.25) is 0 Å². The van der Waals surface area contributed by atoms with Gasteiger partial charge in [-0.25, -0.2) is 0 Å². The second-order valence-electron chi connectivity index (χ2n) is 2.13. The third-order valence-electron chi connectivity index (χ3n) is 1.18. The van der Waals surface area contributed by atoms with Gasteiger partial charge in [-0.05, 0) is 13.8 Å². The largest absolute Gasteiger partial charge is 0.303 e. The first kappa shape index (κ1) is 9.75. The van der Waals surface area contributed by atoms with E-state index in [1.165, 1.54) is 19.9 Å². The summed E-state index contributed by atoms with van der Waals surface area (Å²) >= 11 is 0. The topological polar surface area (TPSA) is 51.2 Å². The second kappa shape index (κ2) is 4.55. The van der Waals surface area contributed by atoms with E-state index in [0.29, 0.717) is 6.29 Å². The minimum atomic E-state index is -0.292. The molecule has 0 aliphatic rings. The number of allylic oxidation sites excluding steroid dienone is 2. The van der Waals surface area contributed by atoms with Gasteiger partial charge in [0, 0.05) is 6.42 Å².